The number of alkyl halides is 3. The van der Waals surface area contributed by atoms with Crippen LogP contribution in [0.3, 0.4) is 0 Å². The molecule has 212 valence electrons. The van der Waals surface area contributed by atoms with Crippen molar-refractivity contribution in [2.24, 2.45) is 4.99 Å². The number of pyridine rings is 1. The second kappa shape index (κ2) is 12.9. The lowest BCUT2D eigenvalue weighted by atomic mass is 10.1. The van der Waals surface area contributed by atoms with Crippen molar-refractivity contribution in [3.8, 4) is 5.88 Å². The van der Waals surface area contributed by atoms with Crippen molar-refractivity contribution in [3.63, 3.8) is 0 Å². The summed E-state index contributed by atoms with van der Waals surface area (Å²) < 4.78 is 31.7. The van der Waals surface area contributed by atoms with E-state index in [1.807, 2.05) is 24.3 Å². The summed E-state index contributed by atoms with van der Waals surface area (Å²) in [5.41, 5.74) is 2.35. The molecule has 0 unspecified atom stereocenters. The van der Waals surface area contributed by atoms with Crippen molar-refractivity contribution in [2.75, 3.05) is 43.4 Å². The summed E-state index contributed by atoms with van der Waals surface area (Å²) >= 11 is 0. The number of halogens is 3. The van der Waals surface area contributed by atoms with Gasteiger partial charge in [-0.2, -0.15) is 13.2 Å². The largest absolute Gasteiger partial charge is 0.494 e. The van der Waals surface area contributed by atoms with E-state index in [0.717, 1.165) is 37.6 Å². The number of fused-ring (bicyclic) bond motifs is 1. The van der Waals surface area contributed by atoms with Crippen LogP contribution in [-0.2, 0) is 9.59 Å². The van der Waals surface area contributed by atoms with Crippen LogP contribution in [-0.4, -0.2) is 77.6 Å². The van der Waals surface area contributed by atoms with Gasteiger partial charge in [-0.05, 0) is 62.5 Å². The molecular formula is C27H28F3N5O5. The monoisotopic (exact) mass is 559 g/mol. The average Bonchev–Trinajstić information content (AvgIpc) is 2.89. The van der Waals surface area contributed by atoms with Gasteiger partial charge in [-0.1, -0.05) is 6.08 Å². The van der Waals surface area contributed by atoms with E-state index in [1.165, 1.54) is 12.3 Å². The zero-order valence-electron chi connectivity index (χ0n) is 21.7. The number of benzene rings is 2. The van der Waals surface area contributed by atoms with Gasteiger partial charge in [-0.3, -0.25) is 19.6 Å². The molecule has 0 aliphatic carbocycles. The van der Waals surface area contributed by atoms with Gasteiger partial charge in [0.05, 0.1) is 11.3 Å². The van der Waals surface area contributed by atoms with Crippen molar-refractivity contribution in [1.29, 1.82) is 0 Å². The number of aliphatic carboxylic acids is 1. The second-order valence-electron chi connectivity index (χ2n) is 8.83. The Balaban J connectivity index is 0.000000559. The zero-order chi connectivity index (χ0) is 29.4. The van der Waals surface area contributed by atoms with Crippen LogP contribution in [0.5, 0.6) is 5.88 Å². The number of aromatic hydroxyl groups is 1. The minimum Gasteiger partial charge on any atom is -0.494 e. The molecule has 3 aromatic rings. The zero-order valence-corrected chi connectivity index (χ0v) is 21.7. The number of aromatic nitrogens is 1. The summed E-state index contributed by atoms with van der Waals surface area (Å²) in [5.74, 6) is -3.31. The molecule has 1 aliphatic heterocycles. The number of likely N-dealkylation sites (N-methyl/N-ethyl adjacent to an activating group) is 1. The molecule has 0 atom stereocenters. The molecule has 2 aromatic carbocycles. The smallest absolute Gasteiger partial charge is 0.490 e. The molecule has 4 N–H and O–H groups in total. The van der Waals surface area contributed by atoms with Crippen molar-refractivity contribution < 1.29 is 33.0 Å². The van der Waals surface area contributed by atoms with Crippen molar-refractivity contribution in [2.45, 2.75) is 13.1 Å². The number of anilines is 2. The molecule has 1 aromatic heterocycles. The molecule has 4 rings (SSSR count). The fourth-order valence-corrected chi connectivity index (χ4v) is 3.83. The first-order valence-corrected chi connectivity index (χ1v) is 12.1. The first kappa shape index (κ1) is 29.9. The van der Waals surface area contributed by atoms with Crippen LogP contribution in [0.2, 0.25) is 0 Å². The van der Waals surface area contributed by atoms with Crippen LogP contribution in [0.4, 0.5) is 30.2 Å². The predicted molar refractivity (Wildman–Crippen MR) is 147 cm³/mol. The third-order valence-electron chi connectivity index (χ3n) is 5.93. The number of amides is 1. The number of carbonyl (C=O) groups excluding carboxylic acids is 1. The van der Waals surface area contributed by atoms with Crippen LogP contribution in [0.1, 0.15) is 12.5 Å². The Labute approximate surface area is 227 Å². The highest BCUT2D eigenvalue weighted by Crippen LogP contribution is 2.26. The normalized spacial score (nSPS) is 14.4. The minimum absolute atomic E-state index is 0.276. The molecule has 1 fully saturated rings. The third-order valence-corrected chi connectivity index (χ3v) is 5.93. The van der Waals surface area contributed by atoms with Crippen molar-refractivity contribution >= 4 is 45.9 Å². The molecule has 0 bridgehead atoms. The molecule has 10 nitrogen and oxygen atoms in total. The van der Waals surface area contributed by atoms with Crippen LogP contribution < -0.4 is 15.8 Å². The van der Waals surface area contributed by atoms with Gasteiger partial charge in [-0.25, -0.2) is 4.79 Å². The van der Waals surface area contributed by atoms with Gasteiger partial charge in [0, 0.05) is 54.5 Å². The molecule has 13 heteroatoms. The number of hydrogen-bond acceptors (Lipinski definition) is 7. The topological polar surface area (TPSA) is 138 Å². The highest BCUT2D eigenvalue weighted by atomic mass is 19.4. The lowest BCUT2D eigenvalue weighted by Gasteiger charge is -2.34. The number of carboxylic acids is 1. The van der Waals surface area contributed by atoms with E-state index in [4.69, 9.17) is 9.90 Å². The van der Waals surface area contributed by atoms with E-state index in [2.05, 4.69) is 32.1 Å². The first-order valence-electron chi connectivity index (χ1n) is 12.1. The number of allylic oxidation sites excluding steroid dienone is 1. The van der Waals surface area contributed by atoms with E-state index in [-0.39, 0.29) is 11.8 Å². The number of aromatic amines is 1. The van der Waals surface area contributed by atoms with Crippen LogP contribution in [0, 0.1) is 0 Å². The fourth-order valence-electron chi connectivity index (χ4n) is 3.83. The molecule has 1 amide bonds. The number of H-pyrrole nitrogens is 1. The number of nitrogens with one attached hydrogen (secondary N) is 2. The Morgan fingerprint density at radius 1 is 1.05 bits per heavy atom. The third kappa shape index (κ3) is 7.93. The number of carbonyl (C=O) groups is 2. The van der Waals surface area contributed by atoms with Gasteiger partial charge >= 0.3 is 12.1 Å². The maximum atomic E-state index is 12.3. The van der Waals surface area contributed by atoms with Gasteiger partial charge in [0.1, 0.15) is 0 Å². The van der Waals surface area contributed by atoms with Gasteiger partial charge in [-0.15, -0.1) is 0 Å². The highest BCUT2D eigenvalue weighted by Gasteiger charge is 2.38. The molecule has 1 aliphatic rings. The summed E-state index contributed by atoms with van der Waals surface area (Å²) in [6, 6.07) is 12.9. The van der Waals surface area contributed by atoms with Gasteiger partial charge < -0.3 is 25.3 Å². The Bertz CT molecular complexity index is 1470. The van der Waals surface area contributed by atoms with Crippen molar-refractivity contribution in [1.82, 2.24) is 9.88 Å². The number of aliphatic imine (C=N–C) groups is 1. The summed E-state index contributed by atoms with van der Waals surface area (Å²) in [7, 11) is 2.13. The maximum Gasteiger partial charge on any atom is 0.490 e. The number of nitrogens with zero attached hydrogens (tertiary/aromatic N) is 3. The lowest BCUT2D eigenvalue weighted by Crippen LogP contribution is -2.44. The number of hydrogen-bond donors (Lipinski definition) is 4. The van der Waals surface area contributed by atoms with E-state index in [0.29, 0.717) is 22.0 Å². The SMILES string of the molecule is CC=CC(=O)Nc1ccc2c(=O)[nH]c(O)c(C=Nc3ccc(N4CCN(C)CC4)cc3)c2c1.O=C(O)C(F)(F)F. The van der Waals surface area contributed by atoms with E-state index >= 15 is 0 Å². The number of carboxylic acid groups (broad SMARTS) is 1. The average molecular weight is 560 g/mol. The second-order valence-corrected chi connectivity index (χ2v) is 8.83. The van der Waals surface area contributed by atoms with Crippen LogP contribution in [0.15, 0.2) is 64.4 Å². The molecule has 0 spiro atoms. The lowest BCUT2D eigenvalue weighted by molar-refractivity contribution is -0.192. The Morgan fingerprint density at radius 3 is 2.25 bits per heavy atom. The Hall–Kier alpha value is -4.65. The minimum atomic E-state index is -5.08. The van der Waals surface area contributed by atoms with Gasteiger partial charge in [0.15, 0.2) is 0 Å². The number of rotatable bonds is 5. The fraction of sp³-hybridized carbons (Fsp3) is 0.259. The summed E-state index contributed by atoms with van der Waals surface area (Å²) in [4.78, 5) is 44.7. The van der Waals surface area contributed by atoms with Crippen molar-refractivity contribution in [3.05, 3.63) is 70.5 Å². The Kier molecular flexibility index (Phi) is 9.67. The molecule has 2 heterocycles. The predicted octanol–water partition coefficient (Wildman–Crippen LogP) is 3.88. The molecule has 0 radical (unpaired) electrons. The molecular weight excluding hydrogens is 531 g/mol. The van der Waals surface area contributed by atoms with Crippen LogP contribution >= 0.6 is 0 Å². The van der Waals surface area contributed by atoms with E-state index < -0.39 is 17.7 Å². The summed E-state index contributed by atoms with van der Waals surface area (Å²) in [6.45, 7) is 5.81. The van der Waals surface area contributed by atoms with E-state index in [9.17, 15) is 27.9 Å². The molecule has 0 saturated carbocycles. The van der Waals surface area contributed by atoms with Gasteiger partial charge in [0.25, 0.3) is 5.56 Å². The number of piperazine rings is 1. The van der Waals surface area contributed by atoms with Gasteiger partial charge in [0.2, 0.25) is 11.8 Å². The van der Waals surface area contributed by atoms with Crippen LogP contribution in [0.25, 0.3) is 10.8 Å². The first-order chi connectivity index (χ1) is 18.9. The standard InChI is InChI=1S/C25H27N5O3.C2HF3O2/c1-3-4-23(31)27-18-7-10-20-21(15-18)22(25(33)28-24(20)32)16-26-17-5-8-19(9-6-17)30-13-11-29(2)12-14-30;3-2(4,5)1(6)7/h3-10,15-16H,11-14H2,1-2H3,(H,27,31)(H2,28,32,33);(H,6,7). The van der Waals surface area contributed by atoms with E-state index in [1.54, 1.807) is 31.2 Å². The Morgan fingerprint density at radius 2 is 1.68 bits per heavy atom. The molecule has 1 saturated heterocycles. The quantitative estimate of drug-likeness (QED) is 0.275. The highest BCUT2D eigenvalue weighted by molar-refractivity contribution is 6.05. The summed E-state index contributed by atoms with van der Waals surface area (Å²) in [5, 5.41) is 21.2. The summed E-state index contributed by atoms with van der Waals surface area (Å²) in [6.07, 6.45) is -0.510. The maximum absolute atomic E-state index is 12.3. The molecule has 40 heavy (non-hydrogen) atoms.